The average molecular weight is 541 g/mol. The number of benzene rings is 1. The Morgan fingerprint density at radius 2 is 2.10 bits per heavy atom. The number of halogens is 1. The molecule has 1 fully saturated rings. The van der Waals surface area contributed by atoms with Crippen LogP contribution in [0.15, 0.2) is 34.0 Å². The third-order valence-electron chi connectivity index (χ3n) is 5.58. The molecule has 31 heavy (non-hydrogen) atoms. The number of rotatable bonds is 6. The Hall–Kier alpha value is -2.01. The van der Waals surface area contributed by atoms with Gasteiger partial charge in [0.15, 0.2) is 5.96 Å². The van der Waals surface area contributed by atoms with Gasteiger partial charge in [0.05, 0.1) is 12.3 Å². The quantitative estimate of drug-likeness (QED) is 0.343. The van der Waals surface area contributed by atoms with Gasteiger partial charge in [0.25, 0.3) is 0 Å². The first-order valence-corrected chi connectivity index (χ1v) is 10.7. The molecule has 0 amide bonds. The van der Waals surface area contributed by atoms with Gasteiger partial charge in [-0.2, -0.15) is 0 Å². The van der Waals surface area contributed by atoms with Crippen LogP contribution in [0.5, 0.6) is 11.5 Å². The van der Waals surface area contributed by atoms with E-state index in [4.69, 9.17) is 14.0 Å². The van der Waals surface area contributed by atoms with E-state index in [9.17, 15) is 0 Å². The third-order valence-corrected chi connectivity index (χ3v) is 5.58. The van der Waals surface area contributed by atoms with Crippen LogP contribution in [0.3, 0.4) is 0 Å². The minimum absolute atomic E-state index is 0. The molecule has 1 unspecified atom stereocenters. The first-order valence-electron chi connectivity index (χ1n) is 10.7. The highest BCUT2D eigenvalue weighted by atomic mass is 127. The molecule has 2 aliphatic rings. The second-order valence-corrected chi connectivity index (χ2v) is 7.79. The van der Waals surface area contributed by atoms with Gasteiger partial charge in [0, 0.05) is 69.9 Å². The van der Waals surface area contributed by atoms with E-state index < -0.39 is 0 Å². The zero-order valence-corrected chi connectivity index (χ0v) is 20.8. The fourth-order valence-corrected chi connectivity index (χ4v) is 4.08. The lowest BCUT2D eigenvalue weighted by atomic mass is 10.1. The molecule has 1 aromatic carbocycles. The molecule has 9 heteroatoms. The molecule has 3 heterocycles. The van der Waals surface area contributed by atoms with Crippen LogP contribution in [0.1, 0.15) is 30.7 Å². The molecule has 1 atom stereocenters. The highest BCUT2D eigenvalue weighted by molar-refractivity contribution is 14.0. The van der Waals surface area contributed by atoms with E-state index in [1.54, 1.807) is 6.26 Å². The number of hydrogen-bond donors (Lipinski definition) is 1. The Balaban J connectivity index is 0.00000272. The molecule has 0 spiro atoms. The molecular weight excluding hydrogens is 509 g/mol. The van der Waals surface area contributed by atoms with Gasteiger partial charge in [-0.1, -0.05) is 5.16 Å². The van der Waals surface area contributed by atoms with Gasteiger partial charge in [-0.25, -0.2) is 0 Å². The molecule has 0 saturated carbocycles. The number of piperazine rings is 1. The van der Waals surface area contributed by atoms with Crippen molar-refractivity contribution in [3.05, 3.63) is 41.3 Å². The molecule has 4 rings (SSSR count). The van der Waals surface area contributed by atoms with E-state index in [0.29, 0.717) is 13.2 Å². The first-order chi connectivity index (χ1) is 14.7. The minimum Gasteiger partial charge on any atom is -0.494 e. The van der Waals surface area contributed by atoms with Crippen LogP contribution in [0, 0.1) is 0 Å². The maximum Gasteiger partial charge on any atom is 0.194 e. The van der Waals surface area contributed by atoms with E-state index in [-0.39, 0.29) is 30.1 Å². The van der Waals surface area contributed by atoms with E-state index in [2.05, 4.69) is 44.3 Å². The number of hydrogen-bond acceptors (Lipinski definition) is 6. The summed E-state index contributed by atoms with van der Waals surface area (Å²) in [5.74, 6) is 2.81. The fourth-order valence-electron chi connectivity index (χ4n) is 4.08. The molecule has 8 nitrogen and oxygen atoms in total. The largest absolute Gasteiger partial charge is 0.494 e. The van der Waals surface area contributed by atoms with E-state index in [0.717, 1.165) is 67.9 Å². The van der Waals surface area contributed by atoms with Crippen molar-refractivity contribution in [1.82, 2.24) is 20.3 Å². The van der Waals surface area contributed by atoms with Crippen molar-refractivity contribution in [2.75, 3.05) is 39.8 Å². The van der Waals surface area contributed by atoms with Crippen molar-refractivity contribution in [1.29, 1.82) is 0 Å². The maximum atomic E-state index is 5.94. The second kappa shape index (κ2) is 11.0. The zero-order valence-electron chi connectivity index (χ0n) is 18.5. The summed E-state index contributed by atoms with van der Waals surface area (Å²) in [5, 5.41) is 7.52. The predicted molar refractivity (Wildman–Crippen MR) is 130 cm³/mol. The van der Waals surface area contributed by atoms with E-state index in [1.807, 2.05) is 20.0 Å². The lowest BCUT2D eigenvalue weighted by Gasteiger charge is -2.36. The SMILES string of the molecule is CCOc1cc2c(cc1CNC(=NC)N1CCN(Cc3ccon3)CC1)OC(C)C2.I. The molecule has 170 valence electrons. The minimum atomic E-state index is 0. The van der Waals surface area contributed by atoms with Gasteiger partial charge in [0.2, 0.25) is 0 Å². The van der Waals surface area contributed by atoms with E-state index in [1.165, 1.54) is 5.56 Å². The normalized spacial score (nSPS) is 18.9. The van der Waals surface area contributed by atoms with Crippen LogP contribution < -0.4 is 14.8 Å². The molecule has 0 radical (unpaired) electrons. The molecule has 1 saturated heterocycles. The van der Waals surface area contributed by atoms with Gasteiger partial charge >= 0.3 is 0 Å². The highest BCUT2D eigenvalue weighted by Gasteiger charge is 2.23. The Morgan fingerprint density at radius 1 is 1.29 bits per heavy atom. The summed E-state index contributed by atoms with van der Waals surface area (Å²) in [6.45, 7) is 9.98. The van der Waals surface area contributed by atoms with Crippen molar-refractivity contribution >= 4 is 29.9 Å². The van der Waals surface area contributed by atoms with Gasteiger partial charge in [-0.3, -0.25) is 9.89 Å². The average Bonchev–Trinajstić information content (AvgIpc) is 3.38. The Bertz CT molecular complexity index is 866. The lowest BCUT2D eigenvalue weighted by molar-refractivity contribution is 0.169. The first kappa shape index (κ1) is 23.6. The van der Waals surface area contributed by atoms with Gasteiger partial charge < -0.3 is 24.2 Å². The molecule has 1 aromatic heterocycles. The monoisotopic (exact) mass is 541 g/mol. The molecule has 2 aliphatic heterocycles. The zero-order chi connectivity index (χ0) is 20.9. The molecular formula is C22H32IN5O3. The number of aliphatic imine (C=N–C) groups is 1. The summed E-state index contributed by atoms with van der Waals surface area (Å²) in [6, 6.07) is 6.16. The maximum absolute atomic E-state index is 5.94. The Labute approximate surface area is 201 Å². The van der Waals surface area contributed by atoms with Crippen molar-refractivity contribution in [2.45, 2.75) is 39.5 Å². The fraction of sp³-hybridized carbons (Fsp3) is 0.545. The summed E-state index contributed by atoms with van der Waals surface area (Å²) in [5.41, 5.74) is 3.29. The number of aromatic nitrogens is 1. The topological polar surface area (TPSA) is 75.4 Å². The van der Waals surface area contributed by atoms with Crippen LogP contribution in [0.2, 0.25) is 0 Å². The number of ether oxygens (including phenoxy) is 2. The van der Waals surface area contributed by atoms with Gasteiger partial charge in [-0.05, 0) is 26.0 Å². The molecule has 0 bridgehead atoms. The lowest BCUT2D eigenvalue weighted by Crippen LogP contribution is -2.52. The summed E-state index contributed by atoms with van der Waals surface area (Å²) >= 11 is 0. The van der Waals surface area contributed by atoms with E-state index >= 15 is 0 Å². The third kappa shape index (κ3) is 5.82. The van der Waals surface area contributed by atoms with Gasteiger partial charge in [-0.15, -0.1) is 24.0 Å². The van der Waals surface area contributed by atoms with Crippen molar-refractivity contribution in [3.63, 3.8) is 0 Å². The van der Waals surface area contributed by atoms with Gasteiger partial charge in [0.1, 0.15) is 23.9 Å². The van der Waals surface area contributed by atoms with Crippen molar-refractivity contribution in [2.24, 2.45) is 4.99 Å². The highest BCUT2D eigenvalue weighted by Crippen LogP contribution is 2.35. The molecule has 2 aromatic rings. The summed E-state index contributed by atoms with van der Waals surface area (Å²) in [4.78, 5) is 9.18. The number of nitrogens with zero attached hydrogens (tertiary/aromatic N) is 4. The van der Waals surface area contributed by atoms with Crippen LogP contribution in [0.4, 0.5) is 0 Å². The van der Waals surface area contributed by atoms with Crippen LogP contribution in [0.25, 0.3) is 0 Å². The summed E-state index contributed by atoms with van der Waals surface area (Å²) in [6.07, 6.45) is 2.78. The molecule has 1 N–H and O–H groups in total. The predicted octanol–water partition coefficient (Wildman–Crippen LogP) is 2.91. The smallest absolute Gasteiger partial charge is 0.194 e. The number of fused-ring (bicyclic) bond motifs is 1. The van der Waals surface area contributed by atoms with Crippen molar-refractivity contribution < 1.29 is 14.0 Å². The second-order valence-electron chi connectivity index (χ2n) is 7.79. The Kier molecular flexibility index (Phi) is 8.42. The summed E-state index contributed by atoms with van der Waals surface area (Å²) < 4.78 is 16.8. The Morgan fingerprint density at radius 3 is 2.77 bits per heavy atom. The van der Waals surface area contributed by atoms with Crippen LogP contribution in [-0.2, 0) is 19.5 Å². The number of guanidine groups is 1. The number of nitrogens with one attached hydrogen (secondary N) is 1. The van der Waals surface area contributed by atoms with Crippen molar-refractivity contribution in [3.8, 4) is 11.5 Å². The standard InChI is InChI=1S/C22H31N5O3.HI/c1-4-28-20-12-17-11-16(2)30-21(17)13-18(20)14-24-22(23-3)27-8-6-26(7-9-27)15-19-5-10-29-25-19;/h5,10,12-13,16H,4,6-9,11,14-15H2,1-3H3,(H,23,24);1H. The molecule has 0 aliphatic carbocycles. The summed E-state index contributed by atoms with van der Waals surface area (Å²) in [7, 11) is 1.83. The van der Waals surface area contributed by atoms with Crippen LogP contribution >= 0.6 is 24.0 Å². The van der Waals surface area contributed by atoms with Crippen LogP contribution in [-0.4, -0.2) is 66.9 Å².